The highest BCUT2D eigenvalue weighted by molar-refractivity contribution is 7.89. The minimum absolute atomic E-state index is 0.133. The Kier molecular flexibility index (Phi) is 5.46. The molecule has 0 fully saturated rings. The van der Waals surface area contributed by atoms with Crippen LogP contribution in [0, 0.1) is 0 Å². The van der Waals surface area contributed by atoms with E-state index in [1.54, 1.807) is 31.2 Å². The Bertz CT molecular complexity index is 759. The van der Waals surface area contributed by atoms with Crippen molar-refractivity contribution in [1.82, 2.24) is 9.71 Å². The number of hydrogen-bond acceptors (Lipinski definition) is 4. The Morgan fingerprint density at radius 3 is 2.30 bits per heavy atom. The van der Waals surface area contributed by atoms with Crippen molar-refractivity contribution in [2.75, 3.05) is 5.32 Å². The Morgan fingerprint density at radius 2 is 1.74 bits per heavy atom. The van der Waals surface area contributed by atoms with Crippen molar-refractivity contribution < 1.29 is 13.2 Å². The summed E-state index contributed by atoms with van der Waals surface area (Å²) in [6.07, 6.45) is 3.77. The maximum absolute atomic E-state index is 12.2. The summed E-state index contributed by atoms with van der Waals surface area (Å²) in [6.45, 7) is 3.71. The molecule has 0 saturated carbocycles. The molecular weight excluding hydrogens is 314 g/mol. The summed E-state index contributed by atoms with van der Waals surface area (Å²) in [5.74, 6) is -0.277. The molecule has 0 unspecified atom stereocenters. The second kappa shape index (κ2) is 7.34. The third kappa shape index (κ3) is 4.61. The maximum atomic E-state index is 12.2. The van der Waals surface area contributed by atoms with Gasteiger partial charge in [0.1, 0.15) is 0 Å². The Morgan fingerprint density at radius 1 is 1.13 bits per heavy atom. The molecule has 0 saturated heterocycles. The van der Waals surface area contributed by atoms with Crippen LogP contribution in [0.15, 0.2) is 53.7 Å². The Hall–Kier alpha value is -2.25. The zero-order chi connectivity index (χ0) is 16.9. The van der Waals surface area contributed by atoms with Crippen LogP contribution in [0.5, 0.6) is 0 Å². The number of amides is 1. The molecule has 2 rings (SSSR count). The molecule has 0 spiro atoms. The van der Waals surface area contributed by atoms with Crippen molar-refractivity contribution in [2.45, 2.75) is 31.2 Å². The molecule has 0 aliphatic carbocycles. The smallest absolute Gasteiger partial charge is 0.255 e. The van der Waals surface area contributed by atoms with Gasteiger partial charge in [-0.05, 0) is 49.7 Å². The maximum Gasteiger partial charge on any atom is 0.255 e. The van der Waals surface area contributed by atoms with Gasteiger partial charge in [0.15, 0.2) is 0 Å². The fourth-order valence-corrected chi connectivity index (χ4v) is 3.17. The zero-order valence-electron chi connectivity index (χ0n) is 13.0. The van der Waals surface area contributed by atoms with Gasteiger partial charge in [0.05, 0.1) is 4.90 Å². The van der Waals surface area contributed by atoms with Crippen LogP contribution in [0.2, 0.25) is 0 Å². The molecule has 1 amide bonds. The number of benzene rings is 1. The van der Waals surface area contributed by atoms with E-state index in [4.69, 9.17) is 0 Å². The number of carbonyl (C=O) groups excluding carboxylic acids is 1. The highest BCUT2D eigenvalue weighted by Gasteiger charge is 2.16. The quantitative estimate of drug-likeness (QED) is 0.850. The van der Waals surface area contributed by atoms with Crippen LogP contribution >= 0.6 is 0 Å². The van der Waals surface area contributed by atoms with Gasteiger partial charge in [0.2, 0.25) is 10.0 Å². The summed E-state index contributed by atoms with van der Waals surface area (Å²) >= 11 is 0. The number of pyridine rings is 1. The predicted octanol–water partition coefficient (Wildman–Crippen LogP) is 2.41. The minimum atomic E-state index is -3.54. The lowest BCUT2D eigenvalue weighted by Crippen LogP contribution is -2.31. The van der Waals surface area contributed by atoms with Crippen molar-refractivity contribution >= 4 is 21.6 Å². The molecule has 7 heteroatoms. The summed E-state index contributed by atoms with van der Waals surface area (Å²) in [5.41, 5.74) is 1.00. The molecule has 6 nitrogen and oxygen atoms in total. The monoisotopic (exact) mass is 333 g/mol. The van der Waals surface area contributed by atoms with E-state index < -0.39 is 10.0 Å². The second-order valence-corrected chi connectivity index (χ2v) is 6.86. The van der Waals surface area contributed by atoms with E-state index in [2.05, 4.69) is 15.0 Å². The Balaban J connectivity index is 2.09. The average Bonchev–Trinajstić information content (AvgIpc) is 2.55. The van der Waals surface area contributed by atoms with Gasteiger partial charge in [0, 0.05) is 29.7 Å². The zero-order valence-corrected chi connectivity index (χ0v) is 13.8. The standard InChI is InChI=1S/C16H19N3O3S/c1-3-12(2)19-23(21,22)15-6-4-14(5-7-15)18-16(20)13-8-10-17-11-9-13/h4-12,19H,3H2,1-2H3,(H,18,20)/t12-/m0/s1. The van der Waals surface area contributed by atoms with Crippen LogP contribution in [-0.2, 0) is 10.0 Å². The van der Waals surface area contributed by atoms with Crippen LogP contribution in [0.1, 0.15) is 30.6 Å². The number of rotatable bonds is 6. The lowest BCUT2D eigenvalue weighted by molar-refractivity contribution is 0.102. The number of nitrogens with one attached hydrogen (secondary N) is 2. The van der Waals surface area contributed by atoms with E-state index in [-0.39, 0.29) is 16.8 Å². The van der Waals surface area contributed by atoms with Crippen molar-refractivity contribution in [3.8, 4) is 0 Å². The van der Waals surface area contributed by atoms with Crippen LogP contribution in [-0.4, -0.2) is 25.4 Å². The SMILES string of the molecule is CC[C@H](C)NS(=O)(=O)c1ccc(NC(=O)c2ccncc2)cc1. The molecule has 1 atom stereocenters. The van der Waals surface area contributed by atoms with Crippen molar-refractivity contribution in [3.05, 3.63) is 54.4 Å². The number of anilines is 1. The van der Waals surface area contributed by atoms with E-state index in [1.165, 1.54) is 24.5 Å². The van der Waals surface area contributed by atoms with Crippen LogP contribution in [0.3, 0.4) is 0 Å². The van der Waals surface area contributed by atoms with Crippen LogP contribution in [0.4, 0.5) is 5.69 Å². The summed E-state index contributed by atoms with van der Waals surface area (Å²) in [4.78, 5) is 16.0. The highest BCUT2D eigenvalue weighted by Crippen LogP contribution is 2.15. The summed E-state index contributed by atoms with van der Waals surface area (Å²) in [7, 11) is -3.54. The summed E-state index contributed by atoms with van der Waals surface area (Å²) in [5, 5.41) is 2.71. The van der Waals surface area contributed by atoms with Gasteiger partial charge >= 0.3 is 0 Å². The molecule has 0 aliphatic rings. The van der Waals surface area contributed by atoms with E-state index >= 15 is 0 Å². The average molecular weight is 333 g/mol. The number of nitrogens with zero attached hydrogens (tertiary/aromatic N) is 1. The lowest BCUT2D eigenvalue weighted by Gasteiger charge is -2.12. The van der Waals surface area contributed by atoms with Crippen molar-refractivity contribution in [1.29, 1.82) is 0 Å². The number of aromatic nitrogens is 1. The summed E-state index contributed by atoms with van der Waals surface area (Å²) < 4.78 is 26.9. The molecule has 2 N–H and O–H groups in total. The molecule has 0 bridgehead atoms. The van der Waals surface area contributed by atoms with Gasteiger partial charge in [-0.25, -0.2) is 13.1 Å². The Labute approximate surface area is 136 Å². The van der Waals surface area contributed by atoms with Gasteiger partial charge in [-0.3, -0.25) is 9.78 Å². The van der Waals surface area contributed by atoms with Gasteiger partial charge in [-0.15, -0.1) is 0 Å². The minimum Gasteiger partial charge on any atom is -0.322 e. The van der Waals surface area contributed by atoms with Crippen molar-refractivity contribution in [2.24, 2.45) is 0 Å². The highest BCUT2D eigenvalue weighted by atomic mass is 32.2. The topological polar surface area (TPSA) is 88.2 Å². The lowest BCUT2D eigenvalue weighted by atomic mass is 10.2. The molecule has 122 valence electrons. The molecule has 1 heterocycles. The molecular formula is C16H19N3O3S. The third-order valence-corrected chi connectivity index (χ3v) is 4.94. The first-order valence-corrected chi connectivity index (χ1v) is 8.74. The van der Waals surface area contributed by atoms with Gasteiger partial charge in [0.25, 0.3) is 5.91 Å². The number of hydrogen-bond donors (Lipinski definition) is 2. The summed E-state index contributed by atoms with van der Waals surface area (Å²) in [6, 6.07) is 9.12. The normalized spacial score (nSPS) is 12.6. The van der Waals surface area contributed by atoms with Gasteiger partial charge < -0.3 is 5.32 Å². The molecule has 2 aromatic rings. The van der Waals surface area contributed by atoms with Gasteiger partial charge in [-0.2, -0.15) is 0 Å². The number of sulfonamides is 1. The first-order chi connectivity index (χ1) is 10.9. The largest absolute Gasteiger partial charge is 0.322 e. The third-order valence-electron chi connectivity index (χ3n) is 3.33. The van der Waals surface area contributed by atoms with Gasteiger partial charge in [-0.1, -0.05) is 6.92 Å². The van der Waals surface area contributed by atoms with Crippen LogP contribution in [0.25, 0.3) is 0 Å². The fraction of sp³-hybridized carbons (Fsp3) is 0.250. The predicted molar refractivity (Wildman–Crippen MR) is 88.7 cm³/mol. The second-order valence-electron chi connectivity index (χ2n) is 5.14. The van der Waals surface area contributed by atoms with E-state index in [0.29, 0.717) is 17.7 Å². The van der Waals surface area contributed by atoms with E-state index in [0.717, 1.165) is 0 Å². The van der Waals surface area contributed by atoms with Crippen molar-refractivity contribution in [3.63, 3.8) is 0 Å². The molecule has 0 aliphatic heterocycles. The van der Waals surface area contributed by atoms with Crippen LogP contribution < -0.4 is 10.0 Å². The fourth-order valence-electron chi connectivity index (χ4n) is 1.84. The first kappa shape index (κ1) is 17.1. The number of carbonyl (C=O) groups is 1. The molecule has 0 radical (unpaired) electrons. The first-order valence-electron chi connectivity index (χ1n) is 7.26. The molecule has 23 heavy (non-hydrogen) atoms. The molecule has 1 aromatic heterocycles. The van der Waals surface area contributed by atoms with E-state index in [1.807, 2.05) is 6.92 Å². The molecule has 1 aromatic carbocycles. The van der Waals surface area contributed by atoms with E-state index in [9.17, 15) is 13.2 Å².